The molecule has 0 unspecified atom stereocenters. The van der Waals surface area contributed by atoms with Gasteiger partial charge in [-0.25, -0.2) is 0 Å². The molecule has 16 heavy (non-hydrogen) atoms. The van der Waals surface area contributed by atoms with Gasteiger partial charge in [0.1, 0.15) is 6.10 Å². The number of hydrogen-bond donors (Lipinski definition) is 0. The highest BCUT2D eigenvalue weighted by molar-refractivity contribution is 5.83. The lowest BCUT2D eigenvalue weighted by Gasteiger charge is -2.18. The second kappa shape index (κ2) is 3.95. The molecule has 0 N–H and O–H groups in total. The van der Waals surface area contributed by atoms with Crippen LogP contribution in [0.4, 0.5) is 13.2 Å². The number of hydrogen-bond acceptors (Lipinski definition) is 4. The highest BCUT2D eigenvalue weighted by Gasteiger charge is 2.79. The van der Waals surface area contributed by atoms with E-state index in [1.54, 1.807) is 0 Å². The van der Waals surface area contributed by atoms with Crippen molar-refractivity contribution in [2.24, 2.45) is 5.41 Å². The van der Waals surface area contributed by atoms with Crippen molar-refractivity contribution in [2.45, 2.75) is 32.5 Å². The third-order valence-electron chi connectivity index (χ3n) is 2.35. The molecule has 0 aromatic carbocycles. The number of esters is 2. The summed E-state index contributed by atoms with van der Waals surface area (Å²) in [6, 6.07) is 0. The molecule has 0 heterocycles. The van der Waals surface area contributed by atoms with Crippen molar-refractivity contribution >= 4 is 11.9 Å². The molecule has 0 aromatic rings. The Bertz CT molecular complexity index is 312. The number of carbonyl (C=O) groups is 2. The largest absolute Gasteiger partial charge is 0.465 e. The maximum absolute atomic E-state index is 12.7. The molecule has 2 atom stereocenters. The Kier molecular flexibility index (Phi) is 3.16. The van der Waals surface area contributed by atoms with Crippen LogP contribution in [0.3, 0.4) is 0 Å². The van der Waals surface area contributed by atoms with Crippen molar-refractivity contribution in [1.82, 2.24) is 0 Å². The van der Waals surface area contributed by atoms with Gasteiger partial charge in [0.05, 0.1) is 6.61 Å². The van der Waals surface area contributed by atoms with Gasteiger partial charge in [-0.05, 0) is 6.92 Å². The minimum absolute atomic E-state index is 0.149. The summed E-state index contributed by atoms with van der Waals surface area (Å²) < 4.78 is 46.8. The van der Waals surface area contributed by atoms with E-state index in [9.17, 15) is 22.8 Å². The molecule has 1 rings (SSSR count). The van der Waals surface area contributed by atoms with Crippen LogP contribution >= 0.6 is 0 Å². The SMILES string of the molecule is CCOC(=O)[C@]1(C(F)(F)F)C[C@H]1OC(C)=O. The molecular weight excluding hydrogens is 229 g/mol. The monoisotopic (exact) mass is 240 g/mol. The molecule has 0 radical (unpaired) electrons. The number of ether oxygens (including phenoxy) is 2. The van der Waals surface area contributed by atoms with Crippen LogP contribution in [0.1, 0.15) is 20.3 Å². The fourth-order valence-electron chi connectivity index (χ4n) is 1.46. The zero-order chi connectivity index (χ0) is 12.6. The molecule has 1 saturated carbocycles. The molecule has 0 spiro atoms. The number of alkyl halides is 3. The summed E-state index contributed by atoms with van der Waals surface area (Å²) in [5.74, 6) is -2.23. The summed E-state index contributed by atoms with van der Waals surface area (Å²) in [6.45, 7) is 2.25. The van der Waals surface area contributed by atoms with Gasteiger partial charge in [-0.15, -0.1) is 0 Å². The van der Waals surface area contributed by atoms with E-state index in [0.717, 1.165) is 6.92 Å². The van der Waals surface area contributed by atoms with Crippen molar-refractivity contribution in [3.8, 4) is 0 Å². The molecule has 1 aliphatic rings. The fraction of sp³-hybridized carbons (Fsp3) is 0.778. The second-order valence-electron chi connectivity index (χ2n) is 3.49. The van der Waals surface area contributed by atoms with Crippen LogP contribution in [0.15, 0.2) is 0 Å². The maximum atomic E-state index is 12.7. The van der Waals surface area contributed by atoms with Crippen molar-refractivity contribution in [3.63, 3.8) is 0 Å². The average molecular weight is 240 g/mol. The van der Waals surface area contributed by atoms with Crippen molar-refractivity contribution in [3.05, 3.63) is 0 Å². The predicted molar refractivity (Wildman–Crippen MR) is 45.3 cm³/mol. The van der Waals surface area contributed by atoms with Gasteiger partial charge in [0.15, 0.2) is 0 Å². The summed E-state index contributed by atoms with van der Waals surface area (Å²) in [5.41, 5.74) is -2.66. The number of halogens is 3. The van der Waals surface area contributed by atoms with Gasteiger partial charge in [-0.3, -0.25) is 9.59 Å². The van der Waals surface area contributed by atoms with Crippen LogP contribution in [0.25, 0.3) is 0 Å². The fourth-order valence-corrected chi connectivity index (χ4v) is 1.46. The van der Waals surface area contributed by atoms with E-state index < -0.39 is 36.1 Å². The Morgan fingerprint density at radius 2 is 2.00 bits per heavy atom. The Balaban J connectivity index is 2.83. The minimum Gasteiger partial charge on any atom is -0.465 e. The Morgan fingerprint density at radius 1 is 1.44 bits per heavy atom. The molecule has 0 aliphatic heterocycles. The van der Waals surface area contributed by atoms with Crippen LogP contribution in [0.5, 0.6) is 0 Å². The zero-order valence-electron chi connectivity index (χ0n) is 8.76. The summed E-state index contributed by atoms with van der Waals surface area (Å²) in [5, 5.41) is 0. The van der Waals surface area contributed by atoms with Gasteiger partial charge in [0, 0.05) is 13.3 Å². The van der Waals surface area contributed by atoms with E-state index in [2.05, 4.69) is 9.47 Å². The van der Waals surface area contributed by atoms with Crippen LogP contribution in [0.2, 0.25) is 0 Å². The Hall–Kier alpha value is -1.27. The molecule has 1 aliphatic carbocycles. The third kappa shape index (κ3) is 1.98. The van der Waals surface area contributed by atoms with Crippen LogP contribution in [-0.4, -0.2) is 30.8 Å². The lowest BCUT2D eigenvalue weighted by atomic mass is 10.1. The Labute approximate surface area is 89.7 Å². The van der Waals surface area contributed by atoms with Crippen LogP contribution in [-0.2, 0) is 19.1 Å². The summed E-state index contributed by atoms with van der Waals surface area (Å²) >= 11 is 0. The topological polar surface area (TPSA) is 52.6 Å². The lowest BCUT2D eigenvalue weighted by molar-refractivity contribution is -0.214. The first-order chi connectivity index (χ1) is 7.25. The molecule has 0 aromatic heterocycles. The van der Waals surface area contributed by atoms with Gasteiger partial charge < -0.3 is 9.47 Å². The molecule has 4 nitrogen and oxygen atoms in total. The minimum atomic E-state index is -4.76. The first kappa shape index (κ1) is 12.8. The molecule has 0 saturated heterocycles. The number of rotatable bonds is 3. The lowest BCUT2D eigenvalue weighted by Crippen LogP contribution is -2.38. The molecule has 1 fully saturated rings. The second-order valence-corrected chi connectivity index (χ2v) is 3.49. The third-order valence-corrected chi connectivity index (χ3v) is 2.35. The van der Waals surface area contributed by atoms with Gasteiger partial charge in [-0.2, -0.15) is 13.2 Å². The van der Waals surface area contributed by atoms with Gasteiger partial charge in [0.2, 0.25) is 5.41 Å². The first-order valence-electron chi connectivity index (χ1n) is 4.67. The van der Waals surface area contributed by atoms with E-state index in [0.29, 0.717) is 0 Å². The first-order valence-corrected chi connectivity index (χ1v) is 4.67. The molecule has 0 amide bonds. The standard InChI is InChI=1S/C9H11F3O4/c1-3-15-7(14)8(9(10,11)12)4-6(8)16-5(2)13/h6H,3-4H2,1-2H3/t6-,8+/m1/s1. The smallest absolute Gasteiger partial charge is 0.408 e. The Morgan fingerprint density at radius 3 is 2.38 bits per heavy atom. The predicted octanol–water partition coefficient (Wildman–Crippen LogP) is 1.43. The highest BCUT2D eigenvalue weighted by atomic mass is 19.4. The molecule has 92 valence electrons. The van der Waals surface area contributed by atoms with E-state index in [1.165, 1.54) is 6.92 Å². The quantitative estimate of drug-likeness (QED) is 0.700. The van der Waals surface area contributed by atoms with Crippen LogP contribution in [0, 0.1) is 5.41 Å². The van der Waals surface area contributed by atoms with Crippen LogP contribution < -0.4 is 0 Å². The van der Waals surface area contributed by atoms with Crippen molar-refractivity contribution in [2.75, 3.05) is 6.61 Å². The van der Waals surface area contributed by atoms with Crippen molar-refractivity contribution in [1.29, 1.82) is 0 Å². The van der Waals surface area contributed by atoms with E-state index in [-0.39, 0.29) is 6.61 Å². The van der Waals surface area contributed by atoms with E-state index >= 15 is 0 Å². The van der Waals surface area contributed by atoms with Gasteiger partial charge in [0.25, 0.3) is 0 Å². The number of carbonyl (C=O) groups excluding carboxylic acids is 2. The molecule has 0 bridgehead atoms. The molecular formula is C9H11F3O4. The summed E-state index contributed by atoms with van der Waals surface area (Å²) in [7, 11) is 0. The highest BCUT2D eigenvalue weighted by Crippen LogP contribution is 2.60. The van der Waals surface area contributed by atoms with Gasteiger partial charge in [-0.1, -0.05) is 0 Å². The summed E-state index contributed by atoms with van der Waals surface area (Å²) in [4.78, 5) is 21.8. The van der Waals surface area contributed by atoms with Crippen molar-refractivity contribution < 1.29 is 32.2 Å². The zero-order valence-corrected chi connectivity index (χ0v) is 8.76. The van der Waals surface area contributed by atoms with E-state index in [4.69, 9.17) is 0 Å². The molecule has 7 heteroatoms. The van der Waals surface area contributed by atoms with E-state index in [1.807, 2.05) is 0 Å². The van der Waals surface area contributed by atoms with Gasteiger partial charge >= 0.3 is 18.1 Å². The average Bonchev–Trinajstić information content (AvgIpc) is 2.78. The summed E-state index contributed by atoms with van der Waals surface area (Å²) in [6.07, 6.45) is -6.78. The normalized spacial score (nSPS) is 28.4. The maximum Gasteiger partial charge on any atom is 0.408 e.